The van der Waals surface area contributed by atoms with Crippen molar-refractivity contribution in [1.29, 1.82) is 0 Å². The first-order valence-electron chi connectivity index (χ1n) is 9.27. The molecule has 0 aromatic carbocycles. The van der Waals surface area contributed by atoms with Crippen molar-refractivity contribution < 1.29 is 4.79 Å². The Kier molecular flexibility index (Phi) is 4.48. The zero-order valence-electron chi connectivity index (χ0n) is 15.6. The summed E-state index contributed by atoms with van der Waals surface area (Å²) >= 11 is 2.79. The molecule has 0 fully saturated rings. The summed E-state index contributed by atoms with van der Waals surface area (Å²) in [6, 6.07) is 3.81. The molecule has 0 atom stereocenters. The van der Waals surface area contributed by atoms with Crippen molar-refractivity contribution in [2.24, 2.45) is 0 Å². The summed E-state index contributed by atoms with van der Waals surface area (Å²) in [7, 11) is 0. The van der Waals surface area contributed by atoms with Crippen LogP contribution in [0, 0.1) is 6.92 Å². The standard InChI is InChI=1S/C20H17N5O2S2/c1-11-16-19(24-14-3-2-8-25(14)20(16)27)29-17(11)18(26)22-9-15-23-13(10-28-15)12-4-6-21-7-5-12/h4-7,10H,2-3,8-9H2,1H3,(H,22,26). The number of nitrogens with one attached hydrogen (secondary N) is 1. The van der Waals surface area contributed by atoms with Gasteiger partial charge in [0, 0.05) is 36.3 Å². The molecule has 1 amide bonds. The van der Waals surface area contributed by atoms with Gasteiger partial charge in [-0.15, -0.1) is 22.7 Å². The lowest BCUT2D eigenvalue weighted by atomic mass is 10.2. The number of aryl methyl sites for hydroxylation is 2. The van der Waals surface area contributed by atoms with Crippen LogP contribution in [0.1, 0.15) is 32.5 Å². The zero-order chi connectivity index (χ0) is 20.0. The Morgan fingerprint density at radius 1 is 1.28 bits per heavy atom. The summed E-state index contributed by atoms with van der Waals surface area (Å²) in [4.78, 5) is 40.0. The number of thiazole rings is 1. The van der Waals surface area contributed by atoms with Crippen molar-refractivity contribution in [3.63, 3.8) is 0 Å². The van der Waals surface area contributed by atoms with Gasteiger partial charge in [-0.05, 0) is 31.0 Å². The zero-order valence-corrected chi connectivity index (χ0v) is 17.3. The fraction of sp³-hybridized carbons (Fsp3) is 0.250. The molecular weight excluding hydrogens is 406 g/mol. The molecule has 5 rings (SSSR count). The summed E-state index contributed by atoms with van der Waals surface area (Å²) in [5, 5.41) is 6.29. The van der Waals surface area contributed by atoms with Crippen molar-refractivity contribution in [3.05, 3.63) is 61.5 Å². The molecule has 1 N–H and O–H groups in total. The highest BCUT2D eigenvalue weighted by Crippen LogP contribution is 2.29. The molecule has 7 nitrogen and oxygen atoms in total. The fourth-order valence-electron chi connectivity index (χ4n) is 3.58. The summed E-state index contributed by atoms with van der Waals surface area (Å²) < 4.78 is 1.74. The van der Waals surface area contributed by atoms with Gasteiger partial charge in [-0.25, -0.2) is 9.97 Å². The van der Waals surface area contributed by atoms with Gasteiger partial charge in [-0.1, -0.05) is 0 Å². The van der Waals surface area contributed by atoms with E-state index in [-0.39, 0.29) is 11.5 Å². The molecule has 5 heterocycles. The Labute approximate surface area is 174 Å². The molecule has 0 bridgehead atoms. The van der Waals surface area contributed by atoms with Gasteiger partial charge in [0.2, 0.25) is 0 Å². The average Bonchev–Trinajstić information content (AvgIpc) is 3.46. The largest absolute Gasteiger partial charge is 0.345 e. The number of nitrogens with zero attached hydrogens (tertiary/aromatic N) is 4. The van der Waals surface area contributed by atoms with Gasteiger partial charge < -0.3 is 5.32 Å². The van der Waals surface area contributed by atoms with Gasteiger partial charge in [0.15, 0.2) is 0 Å². The molecule has 0 radical (unpaired) electrons. The second-order valence-corrected chi connectivity index (χ2v) is 8.81. The van der Waals surface area contributed by atoms with Gasteiger partial charge in [0.1, 0.15) is 15.7 Å². The van der Waals surface area contributed by atoms with Crippen LogP contribution in [0.3, 0.4) is 0 Å². The highest BCUT2D eigenvalue weighted by molar-refractivity contribution is 7.20. The van der Waals surface area contributed by atoms with Crippen molar-refractivity contribution in [2.45, 2.75) is 32.9 Å². The number of fused-ring (bicyclic) bond motifs is 2. The highest BCUT2D eigenvalue weighted by Gasteiger charge is 2.23. The second-order valence-electron chi connectivity index (χ2n) is 6.87. The smallest absolute Gasteiger partial charge is 0.262 e. The first kappa shape index (κ1) is 18.1. The summed E-state index contributed by atoms with van der Waals surface area (Å²) in [6.07, 6.45) is 5.22. The van der Waals surface area contributed by atoms with E-state index in [1.165, 1.54) is 22.7 Å². The van der Waals surface area contributed by atoms with Crippen LogP contribution in [-0.2, 0) is 19.5 Å². The number of aromatic nitrogens is 4. The minimum Gasteiger partial charge on any atom is -0.345 e. The lowest BCUT2D eigenvalue weighted by Crippen LogP contribution is -2.23. The van der Waals surface area contributed by atoms with Crippen LogP contribution in [0.25, 0.3) is 21.5 Å². The highest BCUT2D eigenvalue weighted by atomic mass is 32.1. The Bertz CT molecular complexity index is 1290. The van der Waals surface area contributed by atoms with E-state index in [0.29, 0.717) is 33.7 Å². The Morgan fingerprint density at radius 2 is 2.10 bits per heavy atom. The number of pyridine rings is 1. The van der Waals surface area contributed by atoms with Gasteiger partial charge >= 0.3 is 0 Å². The van der Waals surface area contributed by atoms with E-state index in [9.17, 15) is 9.59 Å². The molecule has 0 saturated heterocycles. The van der Waals surface area contributed by atoms with Gasteiger partial charge in [-0.2, -0.15) is 0 Å². The van der Waals surface area contributed by atoms with Crippen LogP contribution in [0.4, 0.5) is 0 Å². The van der Waals surface area contributed by atoms with Crippen LogP contribution in [0.5, 0.6) is 0 Å². The molecule has 146 valence electrons. The van der Waals surface area contributed by atoms with Crippen LogP contribution in [0.2, 0.25) is 0 Å². The summed E-state index contributed by atoms with van der Waals surface area (Å²) in [5.74, 6) is 0.623. The van der Waals surface area contributed by atoms with Crippen LogP contribution < -0.4 is 10.9 Å². The number of hydrogen-bond acceptors (Lipinski definition) is 7. The topological polar surface area (TPSA) is 89.8 Å². The minimum atomic E-state index is -0.198. The maximum Gasteiger partial charge on any atom is 0.262 e. The minimum absolute atomic E-state index is 0.0304. The SMILES string of the molecule is Cc1c(C(=O)NCc2nc(-c3ccncc3)cs2)sc2nc3n(c(=O)c12)CCC3. The molecule has 9 heteroatoms. The third kappa shape index (κ3) is 3.16. The normalized spacial score (nSPS) is 13.0. The van der Waals surface area contributed by atoms with Crippen molar-refractivity contribution in [1.82, 2.24) is 24.8 Å². The summed E-state index contributed by atoms with van der Waals surface area (Å²) in [6.45, 7) is 2.87. The second kappa shape index (κ2) is 7.16. The number of thiophene rings is 1. The van der Waals surface area contributed by atoms with Crippen molar-refractivity contribution in [2.75, 3.05) is 0 Å². The Balaban J connectivity index is 1.37. The van der Waals surface area contributed by atoms with E-state index < -0.39 is 0 Å². The lowest BCUT2D eigenvalue weighted by Gasteiger charge is -2.03. The number of hydrogen-bond donors (Lipinski definition) is 1. The molecule has 0 saturated carbocycles. The molecule has 0 aliphatic carbocycles. The van der Waals surface area contributed by atoms with E-state index in [0.717, 1.165) is 34.9 Å². The van der Waals surface area contributed by atoms with Crippen molar-refractivity contribution in [3.8, 4) is 11.3 Å². The number of carbonyl (C=O) groups is 1. The van der Waals surface area contributed by atoms with E-state index in [2.05, 4.69) is 20.3 Å². The molecule has 29 heavy (non-hydrogen) atoms. The summed E-state index contributed by atoms with van der Waals surface area (Å²) in [5.41, 5.74) is 2.54. The molecule has 1 aliphatic rings. The van der Waals surface area contributed by atoms with Gasteiger partial charge in [-0.3, -0.25) is 19.1 Å². The molecule has 1 aliphatic heterocycles. The third-order valence-electron chi connectivity index (χ3n) is 5.05. The maximum atomic E-state index is 12.8. The van der Waals surface area contributed by atoms with Crippen LogP contribution in [-0.4, -0.2) is 25.4 Å². The molecule has 4 aromatic heterocycles. The van der Waals surface area contributed by atoms with Crippen LogP contribution in [0.15, 0.2) is 34.7 Å². The molecule has 0 unspecified atom stereocenters. The fourth-order valence-corrected chi connectivity index (χ4v) is 5.43. The predicted octanol–water partition coefficient (Wildman–Crippen LogP) is 3.16. The Hall–Kier alpha value is -2.91. The molecule has 0 spiro atoms. The van der Waals surface area contributed by atoms with Gasteiger partial charge in [0.05, 0.1) is 22.5 Å². The maximum absolute atomic E-state index is 12.8. The molecular formula is C20H17N5O2S2. The van der Waals surface area contributed by atoms with E-state index in [1.807, 2.05) is 24.4 Å². The Morgan fingerprint density at radius 3 is 2.93 bits per heavy atom. The van der Waals surface area contributed by atoms with E-state index >= 15 is 0 Å². The third-order valence-corrected chi connectivity index (χ3v) is 7.08. The van der Waals surface area contributed by atoms with Crippen LogP contribution >= 0.6 is 22.7 Å². The lowest BCUT2D eigenvalue weighted by molar-refractivity contribution is 0.0954. The molecule has 4 aromatic rings. The van der Waals surface area contributed by atoms with Crippen molar-refractivity contribution >= 4 is 38.8 Å². The average molecular weight is 424 g/mol. The number of amides is 1. The van der Waals surface area contributed by atoms with E-state index in [1.54, 1.807) is 17.0 Å². The number of rotatable bonds is 4. The first-order valence-corrected chi connectivity index (χ1v) is 11.0. The first-order chi connectivity index (χ1) is 14.1. The van der Waals surface area contributed by atoms with E-state index in [4.69, 9.17) is 0 Å². The predicted molar refractivity (Wildman–Crippen MR) is 113 cm³/mol. The quantitative estimate of drug-likeness (QED) is 0.545. The number of carbonyl (C=O) groups excluding carboxylic acids is 1. The monoisotopic (exact) mass is 423 g/mol. The van der Waals surface area contributed by atoms with Gasteiger partial charge in [0.25, 0.3) is 11.5 Å².